The molecule has 0 saturated heterocycles. The minimum absolute atomic E-state index is 0.321. The van der Waals surface area contributed by atoms with Crippen molar-refractivity contribution in [2.24, 2.45) is 0 Å². The van der Waals surface area contributed by atoms with E-state index in [9.17, 15) is 9.90 Å². The third-order valence-electron chi connectivity index (χ3n) is 3.19. The lowest BCUT2D eigenvalue weighted by Crippen LogP contribution is -1.99. The number of aromatic nitrogens is 2. The van der Waals surface area contributed by atoms with E-state index < -0.39 is 5.97 Å². The predicted octanol–water partition coefficient (Wildman–Crippen LogP) is 2.26. The summed E-state index contributed by atoms with van der Waals surface area (Å²) in [5.41, 5.74) is 4.03. The SMILES string of the molecule is O=C(O)c1c[nH]c2c1-c1ncccc1CCC2. The van der Waals surface area contributed by atoms with Crippen molar-refractivity contribution in [3.8, 4) is 11.3 Å². The summed E-state index contributed by atoms with van der Waals surface area (Å²) in [5.74, 6) is -0.902. The van der Waals surface area contributed by atoms with Crippen LogP contribution in [0.25, 0.3) is 11.3 Å². The Hall–Kier alpha value is -2.10. The van der Waals surface area contributed by atoms with E-state index in [0.29, 0.717) is 5.56 Å². The number of nitrogens with one attached hydrogen (secondary N) is 1. The molecule has 0 aromatic carbocycles. The van der Waals surface area contributed by atoms with E-state index in [1.807, 2.05) is 12.1 Å². The molecule has 0 spiro atoms. The standard InChI is InChI=1S/C13H12N2O2/c16-13(17)9-7-15-10-5-1-3-8-4-2-6-14-12(8)11(9)10/h2,4,6-7,15H,1,3,5H2,(H,16,17). The van der Waals surface area contributed by atoms with Gasteiger partial charge >= 0.3 is 5.97 Å². The zero-order valence-corrected chi connectivity index (χ0v) is 9.23. The van der Waals surface area contributed by atoms with Crippen LogP contribution >= 0.6 is 0 Å². The van der Waals surface area contributed by atoms with Crippen molar-refractivity contribution in [3.63, 3.8) is 0 Å². The third-order valence-corrected chi connectivity index (χ3v) is 3.19. The molecule has 0 atom stereocenters. The molecule has 0 aliphatic heterocycles. The zero-order chi connectivity index (χ0) is 11.8. The fraction of sp³-hybridized carbons (Fsp3) is 0.231. The second-order valence-electron chi connectivity index (χ2n) is 4.23. The molecule has 0 saturated carbocycles. The van der Waals surface area contributed by atoms with Crippen LogP contribution in [0.1, 0.15) is 28.0 Å². The lowest BCUT2D eigenvalue weighted by Gasteiger charge is -2.05. The first-order valence-electron chi connectivity index (χ1n) is 5.65. The van der Waals surface area contributed by atoms with Gasteiger partial charge in [0, 0.05) is 23.7 Å². The van der Waals surface area contributed by atoms with Crippen molar-refractivity contribution < 1.29 is 9.90 Å². The van der Waals surface area contributed by atoms with Gasteiger partial charge in [-0.2, -0.15) is 0 Å². The van der Waals surface area contributed by atoms with Gasteiger partial charge in [0.15, 0.2) is 0 Å². The Bertz CT molecular complexity index is 587. The van der Waals surface area contributed by atoms with Gasteiger partial charge < -0.3 is 10.1 Å². The average Bonchev–Trinajstić information content (AvgIpc) is 2.66. The second-order valence-corrected chi connectivity index (χ2v) is 4.23. The molecule has 2 aromatic heterocycles. The summed E-state index contributed by atoms with van der Waals surface area (Å²) >= 11 is 0. The molecule has 1 aliphatic rings. The number of aromatic amines is 1. The summed E-state index contributed by atoms with van der Waals surface area (Å²) in [7, 11) is 0. The van der Waals surface area contributed by atoms with E-state index in [2.05, 4.69) is 9.97 Å². The second kappa shape index (κ2) is 3.73. The maximum absolute atomic E-state index is 11.2. The van der Waals surface area contributed by atoms with Crippen molar-refractivity contribution in [1.82, 2.24) is 9.97 Å². The summed E-state index contributed by atoms with van der Waals surface area (Å²) < 4.78 is 0. The Balaban J connectivity index is 2.30. The molecule has 0 amide bonds. The number of carboxylic acids is 1. The van der Waals surface area contributed by atoms with E-state index in [1.165, 1.54) is 0 Å². The molecular formula is C13H12N2O2. The van der Waals surface area contributed by atoms with E-state index >= 15 is 0 Å². The van der Waals surface area contributed by atoms with Gasteiger partial charge in [-0.25, -0.2) is 4.79 Å². The lowest BCUT2D eigenvalue weighted by molar-refractivity contribution is 0.0698. The van der Waals surface area contributed by atoms with Crippen LogP contribution in [0.3, 0.4) is 0 Å². The lowest BCUT2D eigenvalue weighted by atomic mass is 10.0. The molecule has 0 radical (unpaired) electrons. The number of hydrogen-bond donors (Lipinski definition) is 2. The van der Waals surface area contributed by atoms with Crippen LogP contribution in [0.4, 0.5) is 0 Å². The van der Waals surface area contributed by atoms with Gasteiger partial charge in [0.2, 0.25) is 0 Å². The number of pyridine rings is 1. The van der Waals surface area contributed by atoms with E-state index in [1.54, 1.807) is 12.4 Å². The number of nitrogens with zero attached hydrogens (tertiary/aromatic N) is 1. The van der Waals surface area contributed by atoms with Gasteiger partial charge in [0.05, 0.1) is 11.3 Å². The third kappa shape index (κ3) is 1.53. The van der Waals surface area contributed by atoms with Gasteiger partial charge in [0.25, 0.3) is 0 Å². The molecule has 1 aliphatic carbocycles. The highest BCUT2D eigenvalue weighted by Crippen LogP contribution is 2.33. The number of carbonyl (C=O) groups is 1. The molecule has 4 nitrogen and oxygen atoms in total. The highest BCUT2D eigenvalue weighted by molar-refractivity contribution is 5.96. The van der Waals surface area contributed by atoms with E-state index in [0.717, 1.165) is 41.8 Å². The Morgan fingerprint density at radius 2 is 2.29 bits per heavy atom. The molecule has 2 heterocycles. The van der Waals surface area contributed by atoms with Crippen LogP contribution in [0.15, 0.2) is 24.5 Å². The smallest absolute Gasteiger partial charge is 0.337 e. The van der Waals surface area contributed by atoms with Crippen molar-refractivity contribution >= 4 is 5.97 Å². The molecule has 2 N–H and O–H groups in total. The van der Waals surface area contributed by atoms with Crippen LogP contribution in [-0.4, -0.2) is 21.0 Å². The minimum atomic E-state index is -0.902. The van der Waals surface area contributed by atoms with Crippen molar-refractivity contribution in [1.29, 1.82) is 0 Å². The normalized spacial score (nSPS) is 13.6. The summed E-state index contributed by atoms with van der Waals surface area (Å²) in [5, 5.41) is 9.20. The quantitative estimate of drug-likeness (QED) is 0.786. The maximum atomic E-state index is 11.2. The molecule has 17 heavy (non-hydrogen) atoms. The molecule has 2 aromatic rings. The Kier molecular flexibility index (Phi) is 2.21. The minimum Gasteiger partial charge on any atom is -0.478 e. The van der Waals surface area contributed by atoms with Gasteiger partial charge in [-0.15, -0.1) is 0 Å². The van der Waals surface area contributed by atoms with E-state index in [-0.39, 0.29) is 0 Å². The van der Waals surface area contributed by atoms with Crippen LogP contribution in [0.5, 0.6) is 0 Å². The summed E-state index contributed by atoms with van der Waals surface area (Å²) in [4.78, 5) is 18.6. The Morgan fingerprint density at radius 3 is 3.12 bits per heavy atom. The first kappa shape index (κ1) is 10.1. The fourth-order valence-corrected chi connectivity index (χ4v) is 2.42. The highest BCUT2D eigenvalue weighted by atomic mass is 16.4. The number of fused-ring (bicyclic) bond motifs is 3. The van der Waals surface area contributed by atoms with Gasteiger partial charge in [0.1, 0.15) is 0 Å². The fourth-order valence-electron chi connectivity index (χ4n) is 2.42. The molecule has 3 rings (SSSR count). The van der Waals surface area contributed by atoms with Crippen LogP contribution in [0.2, 0.25) is 0 Å². The molecule has 86 valence electrons. The first-order chi connectivity index (χ1) is 8.27. The predicted molar refractivity (Wildman–Crippen MR) is 63.0 cm³/mol. The number of carboxylic acid groups (broad SMARTS) is 1. The Morgan fingerprint density at radius 1 is 1.41 bits per heavy atom. The molecular weight excluding hydrogens is 216 g/mol. The molecule has 0 unspecified atom stereocenters. The molecule has 0 bridgehead atoms. The number of hydrogen-bond acceptors (Lipinski definition) is 2. The topological polar surface area (TPSA) is 66.0 Å². The summed E-state index contributed by atoms with van der Waals surface area (Å²) in [6.07, 6.45) is 6.12. The van der Waals surface area contributed by atoms with Gasteiger partial charge in [-0.1, -0.05) is 6.07 Å². The van der Waals surface area contributed by atoms with Crippen LogP contribution in [0, 0.1) is 0 Å². The largest absolute Gasteiger partial charge is 0.478 e. The van der Waals surface area contributed by atoms with Crippen molar-refractivity contribution in [2.75, 3.05) is 0 Å². The van der Waals surface area contributed by atoms with Crippen molar-refractivity contribution in [3.05, 3.63) is 41.3 Å². The first-order valence-corrected chi connectivity index (χ1v) is 5.65. The molecule has 4 heteroatoms. The number of aryl methyl sites for hydroxylation is 2. The average molecular weight is 228 g/mol. The maximum Gasteiger partial charge on any atom is 0.337 e. The van der Waals surface area contributed by atoms with Gasteiger partial charge in [-0.3, -0.25) is 4.98 Å². The van der Waals surface area contributed by atoms with Crippen LogP contribution in [-0.2, 0) is 12.8 Å². The number of H-pyrrole nitrogens is 1. The summed E-state index contributed by atoms with van der Waals surface area (Å²) in [6.45, 7) is 0. The van der Waals surface area contributed by atoms with Crippen molar-refractivity contribution in [2.45, 2.75) is 19.3 Å². The number of rotatable bonds is 1. The Labute approximate surface area is 98.3 Å². The highest BCUT2D eigenvalue weighted by Gasteiger charge is 2.23. The van der Waals surface area contributed by atoms with E-state index in [4.69, 9.17) is 0 Å². The number of aromatic carboxylic acids is 1. The van der Waals surface area contributed by atoms with Crippen LogP contribution < -0.4 is 0 Å². The molecule has 0 fully saturated rings. The van der Waals surface area contributed by atoms with Gasteiger partial charge in [-0.05, 0) is 30.9 Å². The zero-order valence-electron chi connectivity index (χ0n) is 9.23. The monoisotopic (exact) mass is 228 g/mol. The summed E-state index contributed by atoms with van der Waals surface area (Å²) in [6, 6.07) is 3.92.